The van der Waals surface area contributed by atoms with Crippen LogP contribution in [0.2, 0.25) is 0 Å². The molecule has 71 valence electrons. The van der Waals surface area contributed by atoms with Crippen LogP contribution in [0.3, 0.4) is 0 Å². The smallest absolute Gasteiger partial charge is 0.177 e. The molecule has 0 bridgehead atoms. The van der Waals surface area contributed by atoms with Gasteiger partial charge >= 0.3 is 0 Å². The second-order valence-corrected chi connectivity index (χ2v) is 2.87. The molecule has 0 saturated heterocycles. The molecule has 0 aliphatic carbocycles. The Bertz CT molecular complexity index is 390. The highest BCUT2D eigenvalue weighted by atomic mass is 16.5. The van der Waals surface area contributed by atoms with Crippen LogP contribution in [-0.4, -0.2) is 6.61 Å². The summed E-state index contributed by atoms with van der Waals surface area (Å²) in [7, 11) is 0. The van der Waals surface area contributed by atoms with Crippen molar-refractivity contribution in [3.63, 3.8) is 0 Å². The van der Waals surface area contributed by atoms with Crippen molar-refractivity contribution in [2.75, 3.05) is 6.61 Å². The fourth-order valence-corrected chi connectivity index (χ4v) is 1.35. The molecule has 0 fully saturated rings. The van der Waals surface area contributed by atoms with Crippen molar-refractivity contribution >= 4 is 0 Å². The minimum absolute atomic E-state index is 0.662. The summed E-state index contributed by atoms with van der Waals surface area (Å²) < 4.78 is 10.4. The van der Waals surface area contributed by atoms with Crippen LogP contribution in [0.15, 0.2) is 41.0 Å². The van der Waals surface area contributed by atoms with Crippen molar-refractivity contribution in [1.82, 2.24) is 0 Å². The van der Waals surface area contributed by atoms with Gasteiger partial charge in [0.05, 0.1) is 12.9 Å². The topological polar surface area (TPSA) is 22.4 Å². The summed E-state index contributed by atoms with van der Waals surface area (Å²) in [6, 6.07) is 9.73. The van der Waals surface area contributed by atoms with E-state index in [1.54, 1.807) is 6.26 Å². The number of hydrogen-bond acceptors (Lipinski definition) is 2. The summed E-state index contributed by atoms with van der Waals surface area (Å²) in [6.45, 7) is 2.63. The lowest BCUT2D eigenvalue weighted by Gasteiger charge is -2.07. The van der Waals surface area contributed by atoms with Crippen LogP contribution in [0.4, 0.5) is 0 Å². The zero-order chi connectivity index (χ0) is 9.80. The Morgan fingerprint density at radius 3 is 2.86 bits per heavy atom. The van der Waals surface area contributed by atoms with Crippen molar-refractivity contribution in [2.45, 2.75) is 6.92 Å². The third-order valence-electron chi connectivity index (χ3n) is 1.95. The molecule has 2 aromatic rings. The van der Waals surface area contributed by atoms with Gasteiger partial charge in [-0.3, -0.25) is 0 Å². The zero-order valence-corrected chi connectivity index (χ0v) is 7.99. The van der Waals surface area contributed by atoms with Gasteiger partial charge in [0.25, 0.3) is 0 Å². The molecule has 2 rings (SSSR count). The molecule has 1 aromatic carbocycles. The van der Waals surface area contributed by atoms with Crippen molar-refractivity contribution in [3.8, 4) is 16.9 Å². The second kappa shape index (κ2) is 4.01. The Kier molecular flexibility index (Phi) is 2.54. The van der Waals surface area contributed by atoms with Gasteiger partial charge in [0.1, 0.15) is 5.75 Å². The third kappa shape index (κ3) is 1.64. The van der Waals surface area contributed by atoms with Crippen LogP contribution in [0, 0.1) is 6.26 Å². The van der Waals surface area contributed by atoms with Crippen LogP contribution >= 0.6 is 0 Å². The van der Waals surface area contributed by atoms with Crippen molar-refractivity contribution < 1.29 is 9.15 Å². The maximum atomic E-state index is 5.50. The highest BCUT2D eigenvalue weighted by molar-refractivity contribution is 5.68. The zero-order valence-electron chi connectivity index (χ0n) is 7.99. The molecule has 0 unspecified atom stereocenters. The number of rotatable bonds is 3. The molecule has 1 radical (unpaired) electrons. The molecule has 2 nitrogen and oxygen atoms in total. The molecule has 0 aliphatic heterocycles. The first kappa shape index (κ1) is 8.88. The summed E-state index contributed by atoms with van der Waals surface area (Å²) in [5, 5.41) is 0. The lowest BCUT2D eigenvalue weighted by Crippen LogP contribution is -1.92. The van der Waals surface area contributed by atoms with Gasteiger partial charge in [-0.1, -0.05) is 18.2 Å². The van der Waals surface area contributed by atoms with Crippen LogP contribution in [0.1, 0.15) is 6.92 Å². The molecule has 2 heteroatoms. The van der Waals surface area contributed by atoms with Crippen LogP contribution < -0.4 is 4.74 Å². The predicted molar refractivity (Wildman–Crippen MR) is 54.1 cm³/mol. The Balaban J connectivity index is 2.42. The average molecular weight is 187 g/mol. The third-order valence-corrected chi connectivity index (χ3v) is 1.95. The van der Waals surface area contributed by atoms with E-state index in [2.05, 4.69) is 6.26 Å². The Morgan fingerprint density at radius 2 is 2.14 bits per heavy atom. The molecule has 14 heavy (non-hydrogen) atoms. The molecular formula is C12H11O2. The SMILES string of the molecule is CCOc1ccccc1-c1[c]occ1. The van der Waals surface area contributed by atoms with Crippen LogP contribution in [-0.2, 0) is 0 Å². The summed E-state index contributed by atoms with van der Waals surface area (Å²) in [5.41, 5.74) is 1.94. The predicted octanol–water partition coefficient (Wildman–Crippen LogP) is 3.15. The van der Waals surface area contributed by atoms with Gasteiger partial charge in [-0.15, -0.1) is 0 Å². The van der Waals surface area contributed by atoms with E-state index in [0.29, 0.717) is 6.61 Å². The maximum Gasteiger partial charge on any atom is 0.177 e. The van der Waals surface area contributed by atoms with Gasteiger partial charge in [-0.05, 0) is 19.1 Å². The first-order valence-corrected chi connectivity index (χ1v) is 4.59. The molecule has 0 N–H and O–H groups in total. The van der Waals surface area contributed by atoms with Gasteiger partial charge < -0.3 is 9.15 Å². The van der Waals surface area contributed by atoms with Gasteiger partial charge in [-0.25, -0.2) is 0 Å². The standard InChI is InChI=1S/C12H11O2/c1-2-14-12-6-4-3-5-11(12)10-7-8-13-9-10/h3-8H,2H2,1H3. The fourth-order valence-electron chi connectivity index (χ4n) is 1.35. The molecule has 0 amide bonds. The molecule has 0 saturated carbocycles. The van der Waals surface area contributed by atoms with Gasteiger partial charge in [0.2, 0.25) is 0 Å². The second-order valence-electron chi connectivity index (χ2n) is 2.87. The van der Waals surface area contributed by atoms with E-state index in [1.807, 2.05) is 37.3 Å². The number of hydrogen-bond donors (Lipinski definition) is 0. The lowest BCUT2D eigenvalue weighted by molar-refractivity contribution is 0.341. The summed E-state index contributed by atoms with van der Waals surface area (Å²) in [6.07, 6.45) is 4.41. The Morgan fingerprint density at radius 1 is 1.29 bits per heavy atom. The van der Waals surface area contributed by atoms with E-state index in [0.717, 1.165) is 16.9 Å². The largest absolute Gasteiger partial charge is 0.493 e. The van der Waals surface area contributed by atoms with Crippen LogP contribution in [0.5, 0.6) is 5.75 Å². The first-order valence-electron chi connectivity index (χ1n) is 4.59. The first-order chi connectivity index (χ1) is 6.92. The summed E-state index contributed by atoms with van der Waals surface area (Å²) in [4.78, 5) is 0. The molecule has 1 aromatic heterocycles. The van der Waals surface area contributed by atoms with Gasteiger partial charge in [-0.2, -0.15) is 0 Å². The van der Waals surface area contributed by atoms with Crippen molar-refractivity contribution in [2.24, 2.45) is 0 Å². The quantitative estimate of drug-likeness (QED) is 0.736. The number of furan rings is 1. The van der Waals surface area contributed by atoms with E-state index in [9.17, 15) is 0 Å². The Labute approximate surface area is 83.1 Å². The summed E-state index contributed by atoms with van der Waals surface area (Å²) >= 11 is 0. The van der Waals surface area contributed by atoms with E-state index < -0.39 is 0 Å². The van der Waals surface area contributed by atoms with E-state index >= 15 is 0 Å². The molecule has 0 spiro atoms. The van der Waals surface area contributed by atoms with E-state index in [-0.39, 0.29) is 0 Å². The number of para-hydroxylation sites is 1. The van der Waals surface area contributed by atoms with E-state index in [1.165, 1.54) is 0 Å². The maximum absolute atomic E-state index is 5.50. The number of ether oxygens (including phenoxy) is 1. The highest BCUT2D eigenvalue weighted by Crippen LogP contribution is 2.29. The average Bonchev–Trinajstić information content (AvgIpc) is 2.72. The summed E-state index contributed by atoms with van der Waals surface area (Å²) in [5.74, 6) is 0.868. The normalized spacial score (nSPS) is 10.1. The van der Waals surface area contributed by atoms with E-state index in [4.69, 9.17) is 9.15 Å². The number of benzene rings is 1. The molecule has 1 heterocycles. The monoisotopic (exact) mass is 187 g/mol. The van der Waals surface area contributed by atoms with Crippen molar-refractivity contribution in [3.05, 3.63) is 42.9 Å². The van der Waals surface area contributed by atoms with Gasteiger partial charge in [0.15, 0.2) is 6.26 Å². The van der Waals surface area contributed by atoms with Crippen molar-refractivity contribution in [1.29, 1.82) is 0 Å². The molecule has 0 atom stereocenters. The Hall–Kier alpha value is -1.70. The fraction of sp³-hybridized carbons (Fsp3) is 0.167. The molecular weight excluding hydrogens is 176 g/mol. The van der Waals surface area contributed by atoms with Gasteiger partial charge in [0, 0.05) is 11.1 Å². The lowest BCUT2D eigenvalue weighted by atomic mass is 10.1. The van der Waals surface area contributed by atoms with Crippen LogP contribution in [0.25, 0.3) is 11.1 Å². The highest BCUT2D eigenvalue weighted by Gasteiger charge is 2.05. The minimum Gasteiger partial charge on any atom is -0.493 e. The minimum atomic E-state index is 0.662. The molecule has 0 aliphatic rings.